The summed E-state index contributed by atoms with van der Waals surface area (Å²) in [6.45, 7) is 0. The van der Waals surface area contributed by atoms with E-state index in [4.69, 9.17) is 5.11 Å². The van der Waals surface area contributed by atoms with Gasteiger partial charge >= 0.3 is 5.97 Å². The first kappa shape index (κ1) is 15.2. The summed E-state index contributed by atoms with van der Waals surface area (Å²) in [7, 11) is 3.31. The molecule has 1 saturated carbocycles. The Hall–Kier alpha value is -2.18. The van der Waals surface area contributed by atoms with Gasteiger partial charge in [-0.3, -0.25) is 9.59 Å². The van der Waals surface area contributed by atoms with Crippen molar-refractivity contribution in [2.24, 2.45) is 5.92 Å². The Morgan fingerprint density at radius 2 is 2.05 bits per heavy atom. The van der Waals surface area contributed by atoms with E-state index < -0.39 is 5.97 Å². The zero-order valence-electron chi connectivity index (χ0n) is 12.2. The first-order valence-electron chi connectivity index (χ1n) is 7.02. The van der Waals surface area contributed by atoms with Gasteiger partial charge in [-0.2, -0.15) is 0 Å². The van der Waals surface area contributed by atoms with Crippen LogP contribution >= 0.6 is 0 Å². The summed E-state index contributed by atoms with van der Waals surface area (Å²) in [4.78, 5) is 24.2. The van der Waals surface area contributed by atoms with Crippen molar-refractivity contribution in [2.45, 2.75) is 31.7 Å². The van der Waals surface area contributed by atoms with Crippen LogP contribution in [0.5, 0.6) is 0 Å². The summed E-state index contributed by atoms with van der Waals surface area (Å²) in [5.41, 5.74) is 0.289. The molecule has 7 heteroatoms. The number of amides is 1. The Balaban J connectivity index is 1.97. The summed E-state index contributed by atoms with van der Waals surface area (Å²) in [6.07, 6.45) is 3.13. The number of aromatic nitrogens is 2. The van der Waals surface area contributed by atoms with Crippen LogP contribution in [-0.2, 0) is 4.79 Å². The second kappa shape index (κ2) is 6.51. The van der Waals surface area contributed by atoms with Crippen molar-refractivity contribution in [1.29, 1.82) is 0 Å². The molecule has 0 aliphatic heterocycles. The van der Waals surface area contributed by atoms with Gasteiger partial charge in [-0.1, -0.05) is 6.42 Å². The molecule has 2 unspecified atom stereocenters. The molecular weight excluding hydrogens is 272 g/mol. The zero-order valence-corrected chi connectivity index (χ0v) is 12.2. The first-order chi connectivity index (χ1) is 9.97. The van der Waals surface area contributed by atoms with E-state index in [0.29, 0.717) is 12.2 Å². The van der Waals surface area contributed by atoms with Crippen molar-refractivity contribution >= 4 is 17.7 Å². The van der Waals surface area contributed by atoms with Gasteiger partial charge in [0.25, 0.3) is 5.91 Å². The van der Waals surface area contributed by atoms with Crippen molar-refractivity contribution in [1.82, 2.24) is 15.1 Å². The number of hydrogen-bond acceptors (Lipinski definition) is 5. The minimum absolute atomic E-state index is 0.0875. The fraction of sp³-hybridized carbons (Fsp3) is 0.571. The second-order valence-electron chi connectivity index (χ2n) is 5.55. The van der Waals surface area contributed by atoms with Crippen LogP contribution in [0.1, 0.15) is 36.2 Å². The van der Waals surface area contributed by atoms with Crippen LogP contribution < -0.4 is 5.32 Å². The molecule has 21 heavy (non-hydrogen) atoms. The Labute approximate surface area is 123 Å². The lowest BCUT2D eigenvalue weighted by Crippen LogP contribution is -2.31. The molecule has 1 amide bonds. The highest BCUT2D eigenvalue weighted by atomic mass is 16.4. The number of carboxylic acid groups (broad SMARTS) is 1. The van der Waals surface area contributed by atoms with Gasteiger partial charge in [0.05, 0.1) is 5.92 Å². The molecule has 0 spiro atoms. The van der Waals surface area contributed by atoms with Gasteiger partial charge in [-0.15, -0.1) is 10.2 Å². The minimum Gasteiger partial charge on any atom is -0.481 e. The molecule has 2 atom stereocenters. The van der Waals surface area contributed by atoms with E-state index in [1.807, 2.05) is 0 Å². The molecule has 1 fully saturated rings. The van der Waals surface area contributed by atoms with Crippen LogP contribution in [0.3, 0.4) is 0 Å². The molecule has 2 N–H and O–H groups in total. The lowest BCUT2D eigenvalue weighted by atomic mass is 9.86. The predicted octanol–water partition coefficient (Wildman–Crippen LogP) is 1.23. The molecule has 0 bridgehead atoms. The van der Waals surface area contributed by atoms with E-state index in [1.54, 1.807) is 26.2 Å². The molecule has 1 heterocycles. The zero-order chi connectivity index (χ0) is 15.4. The minimum atomic E-state index is -0.737. The van der Waals surface area contributed by atoms with Gasteiger partial charge < -0.3 is 15.3 Å². The average Bonchev–Trinajstić information content (AvgIpc) is 2.47. The van der Waals surface area contributed by atoms with E-state index in [0.717, 1.165) is 19.3 Å². The summed E-state index contributed by atoms with van der Waals surface area (Å²) in [5, 5.41) is 20.2. The highest BCUT2D eigenvalue weighted by Crippen LogP contribution is 2.26. The maximum atomic E-state index is 11.7. The van der Waals surface area contributed by atoms with Crippen LogP contribution in [0, 0.1) is 5.92 Å². The van der Waals surface area contributed by atoms with Crippen molar-refractivity contribution < 1.29 is 14.7 Å². The largest absolute Gasteiger partial charge is 0.481 e. The third-order valence-corrected chi connectivity index (χ3v) is 3.67. The quantitative estimate of drug-likeness (QED) is 0.866. The summed E-state index contributed by atoms with van der Waals surface area (Å²) in [5.74, 6) is -0.655. The van der Waals surface area contributed by atoms with E-state index in [9.17, 15) is 9.59 Å². The van der Waals surface area contributed by atoms with E-state index >= 15 is 0 Å². The van der Waals surface area contributed by atoms with Crippen LogP contribution in [0.25, 0.3) is 0 Å². The summed E-state index contributed by atoms with van der Waals surface area (Å²) < 4.78 is 0. The van der Waals surface area contributed by atoms with Gasteiger partial charge in [0, 0.05) is 20.1 Å². The fourth-order valence-corrected chi connectivity index (χ4v) is 2.51. The molecule has 0 saturated heterocycles. The van der Waals surface area contributed by atoms with E-state index in [2.05, 4.69) is 15.5 Å². The first-order valence-corrected chi connectivity index (χ1v) is 7.02. The number of aliphatic carboxylic acids is 1. The third kappa shape index (κ3) is 3.90. The van der Waals surface area contributed by atoms with Gasteiger partial charge in [0.2, 0.25) is 0 Å². The fourth-order valence-electron chi connectivity index (χ4n) is 2.51. The predicted molar refractivity (Wildman–Crippen MR) is 77.1 cm³/mol. The molecule has 114 valence electrons. The summed E-state index contributed by atoms with van der Waals surface area (Å²) in [6, 6.07) is 3.41. The maximum absolute atomic E-state index is 11.7. The monoisotopic (exact) mass is 292 g/mol. The smallest absolute Gasteiger partial charge is 0.306 e. The molecule has 0 aromatic carbocycles. The van der Waals surface area contributed by atoms with Gasteiger partial charge in [0.1, 0.15) is 5.82 Å². The van der Waals surface area contributed by atoms with Crippen LogP contribution in [-0.4, -0.2) is 52.2 Å². The molecule has 1 aliphatic carbocycles. The van der Waals surface area contributed by atoms with E-state index in [-0.39, 0.29) is 23.6 Å². The molecule has 2 rings (SSSR count). The average molecular weight is 292 g/mol. The summed E-state index contributed by atoms with van der Waals surface area (Å²) >= 11 is 0. The Morgan fingerprint density at radius 3 is 2.62 bits per heavy atom. The normalized spacial score (nSPS) is 21.6. The molecular formula is C14H20N4O3. The number of anilines is 1. The standard InChI is InChI=1S/C14H20N4O3/c1-18(2)13(19)11-6-7-12(17-16-11)15-10-5-3-4-9(8-10)14(20)21/h6-7,9-10H,3-5,8H2,1-2H3,(H,15,17)(H,20,21). The second-order valence-corrected chi connectivity index (χ2v) is 5.55. The topological polar surface area (TPSA) is 95.4 Å². The van der Waals surface area contributed by atoms with E-state index in [1.165, 1.54) is 4.90 Å². The number of hydrogen-bond donors (Lipinski definition) is 2. The molecule has 1 aromatic rings. The number of rotatable bonds is 4. The van der Waals surface area contributed by atoms with Gasteiger partial charge in [-0.25, -0.2) is 0 Å². The lowest BCUT2D eigenvalue weighted by Gasteiger charge is -2.27. The number of nitrogens with zero attached hydrogens (tertiary/aromatic N) is 3. The molecule has 1 aliphatic rings. The highest BCUT2D eigenvalue weighted by Gasteiger charge is 2.27. The molecule has 0 radical (unpaired) electrons. The third-order valence-electron chi connectivity index (χ3n) is 3.67. The van der Waals surface area contributed by atoms with Crippen molar-refractivity contribution in [2.75, 3.05) is 19.4 Å². The van der Waals surface area contributed by atoms with Crippen LogP contribution in [0.2, 0.25) is 0 Å². The van der Waals surface area contributed by atoms with Crippen LogP contribution in [0.4, 0.5) is 5.82 Å². The van der Waals surface area contributed by atoms with Crippen LogP contribution in [0.15, 0.2) is 12.1 Å². The Bertz CT molecular complexity index is 515. The number of carbonyl (C=O) groups is 2. The van der Waals surface area contributed by atoms with Crippen molar-refractivity contribution in [3.05, 3.63) is 17.8 Å². The highest BCUT2D eigenvalue weighted by molar-refractivity contribution is 5.91. The van der Waals surface area contributed by atoms with Crippen molar-refractivity contribution in [3.8, 4) is 0 Å². The lowest BCUT2D eigenvalue weighted by molar-refractivity contribution is -0.142. The maximum Gasteiger partial charge on any atom is 0.306 e. The number of nitrogens with one attached hydrogen (secondary N) is 1. The Morgan fingerprint density at radius 1 is 1.29 bits per heavy atom. The van der Waals surface area contributed by atoms with Gasteiger partial charge in [0.15, 0.2) is 5.69 Å². The SMILES string of the molecule is CN(C)C(=O)c1ccc(NC2CCCC(C(=O)O)C2)nn1. The molecule has 1 aromatic heterocycles. The van der Waals surface area contributed by atoms with Gasteiger partial charge in [-0.05, 0) is 31.4 Å². The number of carbonyl (C=O) groups excluding carboxylic acids is 1. The number of carboxylic acids is 1. The van der Waals surface area contributed by atoms with Crippen molar-refractivity contribution in [3.63, 3.8) is 0 Å². The molecule has 7 nitrogen and oxygen atoms in total. The Kier molecular flexibility index (Phi) is 4.72.